The first-order valence-electron chi connectivity index (χ1n) is 8.88. The van der Waals surface area contributed by atoms with Crippen LogP contribution in [0.5, 0.6) is 5.75 Å². The van der Waals surface area contributed by atoms with Crippen molar-refractivity contribution in [2.75, 3.05) is 13.2 Å². The second kappa shape index (κ2) is 8.08. The molecular formula is C20H20N2O6. The summed E-state index contributed by atoms with van der Waals surface area (Å²) in [5, 5.41) is 0.0120. The van der Waals surface area contributed by atoms with Gasteiger partial charge in [-0.3, -0.25) is 14.2 Å². The molecule has 0 N–H and O–H groups in total. The number of benzene rings is 1. The van der Waals surface area contributed by atoms with Gasteiger partial charge in [0.15, 0.2) is 5.78 Å². The normalized spacial score (nSPS) is 10.8. The minimum Gasteiger partial charge on any atom is -0.494 e. The monoisotopic (exact) mass is 384 g/mol. The summed E-state index contributed by atoms with van der Waals surface area (Å²) < 4.78 is 16.9. The lowest BCUT2D eigenvalue weighted by Gasteiger charge is -2.07. The van der Waals surface area contributed by atoms with Crippen LogP contribution in [0.2, 0.25) is 0 Å². The Morgan fingerprint density at radius 3 is 2.50 bits per heavy atom. The summed E-state index contributed by atoms with van der Waals surface area (Å²) in [4.78, 5) is 41.7. The van der Waals surface area contributed by atoms with E-state index in [1.165, 1.54) is 6.33 Å². The van der Waals surface area contributed by atoms with E-state index >= 15 is 0 Å². The highest BCUT2D eigenvalue weighted by atomic mass is 16.5. The number of fused-ring (bicyclic) bond motifs is 1. The van der Waals surface area contributed by atoms with E-state index in [0.717, 1.165) is 4.57 Å². The number of hydrogen-bond donors (Lipinski definition) is 0. The molecule has 0 radical (unpaired) electrons. The van der Waals surface area contributed by atoms with E-state index < -0.39 is 11.5 Å². The Hall–Kier alpha value is -3.42. The SMILES string of the molecule is CCOC(=O)c1c(C)oc2ncn(CC(=O)c3ccc(OCC)cc3)c(=O)c12. The van der Waals surface area contributed by atoms with E-state index in [4.69, 9.17) is 13.9 Å². The molecule has 3 aromatic rings. The maximum Gasteiger partial charge on any atom is 0.342 e. The van der Waals surface area contributed by atoms with Gasteiger partial charge in [-0.25, -0.2) is 9.78 Å². The zero-order valence-corrected chi connectivity index (χ0v) is 15.9. The van der Waals surface area contributed by atoms with Gasteiger partial charge >= 0.3 is 5.97 Å². The zero-order chi connectivity index (χ0) is 20.3. The van der Waals surface area contributed by atoms with Crippen LogP contribution in [-0.2, 0) is 11.3 Å². The predicted octanol–water partition coefficient (Wildman–Crippen LogP) is 2.76. The fourth-order valence-corrected chi connectivity index (χ4v) is 2.85. The molecule has 0 aliphatic heterocycles. The van der Waals surface area contributed by atoms with Crippen LogP contribution in [0.3, 0.4) is 0 Å². The summed E-state index contributed by atoms with van der Waals surface area (Å²) >= 11 is 0. The third-order valence-electron chi connectivity index (χ3n) is 4.14. The number of rotatable bonds is 7. The first-order valence-corrected chi connectivity index (χ1v) is 8.88. The van der Waals surface area contributed by atoms with Crippen molar-refractivity contribution in [3.63, 3.8) is 0 Å². The van der Waals surface area contributed by atoms with Crippen molar-refractivity contribution in [3.8, 4) is 5.75 Å². The highest BCUT2D eigenvalue weighted by molar-refractivity contribution is 6.03. The maximum atomic E-state index is 12.9. The van der Waals surface area contributed by atoms with Gasteiger partial charge in [0.25, 0.3) is 5.56 Å². The van der Waals surface area contributed by atoms with Crippen molar-refractivity contribution < 1.29 is 23.5 Å². The summed E-state index contributed by atoms with van der Waals surface area (Å²) in [6, 6.07) is 6.66. The molecule has 0 saturated heterocycles. The number of hydrogen-bond acceptors (Lipinski definition) is 7. The molecule has 8 nitrogen and oxygen atoms in total. The number of Topliss-reactive ketones (excluding diaryl/α,β-unsaturated/α-hetero) is 1. The summed E-state index contributed by atoms with van der Waals surface area (Å²) in [5.41, 5.74) is -0.0267. The number of aromatic nitrogens is 2. The average molecular weight is 384 g/mol. The molecule has 8 heteroatoms. The minimum atomic E-state index is -0.659. The topological polar surface area (TPSA) is 101 Å². The fraction of sp³-hybridized carbons (Fsp3) is 0.300. The van der Waals surface area contributed by atoms with Gasteiger partial charge in [-0.05, 0) is 45.0 Å². The van der Waals surface area contributed by atoms with Crippen LogP contribution in [-0.4, -0.2) is 34.5 Å². The molecule has 0 aliphatic carbocycles. The van der Waals surface area contributed by atoms with Crippen LogP contribution in [0.15, 0.2) is 39.8 Å². The van der Waals surface area contributed by atoms with Gasteiger partial charge in [-0.2, -0.15) is 0 Å². The molecule has 3 rings (SSSR count). The smallest absolute Gasteiger partial charge is 0.342 e. The Labute approximate surface area is 160 Å². The minimum absolute atomic E-state index is 0.0120. The van der Waals surface area contributed by atoms with Gasteiger partial charge in [-0.1, -0.05) is 0 Å². The van der Waals surface area contributed by atoms with Crippen molar-refractivity contribution in [3.05, 3.63) is 57.8 Å². The molecule has 146 valence electrons. The third kappa shape index (κ3) is 3.66. The number of ether oxygens (including phenoxy) is 2. The summed E-state index contributed by atoms with van der Waals surface area (Å²) in [5.74, 6) is -0.0293. The van der Waals surface area contributed by atoms with Gasteiger partial charge in [0.1, 0.15) is 28.8 Å². The molecular weight excluding hydrogens is 364 g/mol. The Bertz CT molecular complexity index is 1080. The van der Waals surface area contributed by atoms with E-state index in [1.54, 1.807) is 38.1 Å². The molecule has 0 atom stereocenters. The van der Waals surface area contributed by atoms with Crippen LogP contribution in [0.1, 0.15) is 40.3 Å². The largest absolute Gasteiger partial charge is 0.494 e. The van der Waals surface area contributed by atoms with Gasteiger partial charge in [0, 0.05) is 5.56 Å². The maximum absolute atomic E-state index is 12.9. The second-order valence-electron chi connectivity index (χ2n) is 5.99. The summed E-state index contributed by atoms with van der Waals surface area (Å²) in [6.45, 7) is 5.57. The zero-order valence-electron chi connectivity index (χ0n) is 15.9. The van der Waals surface area contributed by atoms with Crippen LogP contribution >= 0.6 is 0 Å². The van der Waals surface area contributed by atoms with E-state index in [0.29, 0.717) is 17.9 Å². The molecule has 1 aromatic carbocycles. The number of nitrogens with zero attached hydrogens (tertiary/aromatic N) is 2. The van der Waals surface area contributed by atoms with Gasteiger partial charge in [-0.15, -0.1) is 0 Å². The van der Waals surface area contributed by atoms with Crippen LogP contribution in [0.4, 0.5) is 0 Å². The molecule has 0 unspecified atom stereocenters. The van der Waals surface area contributed by atoms with Crippen molar-refractivity contribution in [2.45, 2.75) is 27.3 Å². The number of carbonyl (C=O) groups is 2. The van der Waals surface area contributed by atoms with Crippen molar-refractivity contribution in [2.24, 2.45) is 0 Å². The molecule has 28 heavy (non-hydrogen) atoms. The van der Waals surface area contributed by atoms with Gasteiger partial charge in [0.2, 0.25) is 5.71 Å². The quantitative estimate of drug-likeness (QED) is 0.456. The number of furan rings is 1. The Balaban J connectivity index is 1.94. The predicted molar refractivity (Wildman–Crippen MR) is 101 cm³/mol. The first kappa shape index (κ1) is 19.3. The highest BCUT2D eigenvalue weighted by Crippen LogP contribution is 2.22. The number of ketones is 1. The van der Waals surface area contributed by atoms with E-state index in [1.807, 2.05) is 6.92 Å². The van der Waals surface area contributed by atoms with Gasteiger partial charge in [0.05, 0.1) is 19.8 Å². The highest BCUT2D eigenvalue weighted by Gasteiger charge is 2.24. The lowest BCUT2D eigenvalue weighted by molar-refractivity contribution is 0.0526. The standard InChI is InChI=1S/C20H20N2O6/c1-4-26-14-8-6-13(7-9-14)15(23)10-22-11-21-18-17(19(22)24)16(12(3)28-18)20(25)27-5-2/h6-9,11H,4-5,10H2,1-3H3. The molecule has 0 spiro atoms. The Kier molecular flexibility index (Phi) is 5.58. The van der Waals surface area contributed by atoms with Crippen molar-refractivity contribution in [1.82, 2.24) is 9.55 Å². The third-order valence-corrected chi connectivity index (χ3v) is 4.14. The Morgan fingerprint density at radius 1 is 1.14 bits per heavy atom. The van der Waals surface area contributed by atoms with Crippen molar-refractivity contribution >= 4 is 22.9 Å². The van der Waals surface area contributed by atoms with Crippen LogP contribution < -0.4 is 10.3 Å². The molecule has 2 heterocycles. The molecule has 0 fully saturated rings. The van der Waals surface area contributed by atoms with Crippen molar-refractivity contribution in [1.29, 1.82) is 0 Å². The Morgan fingerprint density at radius 2 is 1.86 bits per heavy atom. The number of aryl methyl sites for hydroxylation is 1. The summed E-state index contributed by atoms with van der Waals surface area (Å²) in [6.07, 6.45) is 1.23. The van der Waals surface area contributed by atoms with E-state index in [-0.39, 0.29) is 41.4 Å². The number of carbonyl (C=O) groups excluding carboxylic acids is 2. The molecule has 2 aromatic heterocycles. The second-order valence-corrected chi connectivity index (χ2v) is 5.99. The average Bonchev–Trinajstić information content (AvgIpc) is 3.02. The van der Waals surface area contributed by atoms with Crippen LogP contribution in [0.25, 0.3) is 11.1 Å². The fourth-order valence-electron chi connectivity index (χ4n) is 2.85. The molecule has 0 saturated carbocycles. The first-order chi connectivity index (χ1) is 13.5. The van der Waals surface area contributed by atoms with Gasteiger partial charge < -0.3 is 13.9 Å². The summed E-state index contributed by atoms with van der Waals surface area (Å²) in [7, 11) is 0. The van der Waals surface area contributed by atoms with E-state index in [9.17, 15) is 14.4 Å². The lowest BCUT2D eigenvalue weighted by atomic mass is 10.1. The van der Waals surface area contributed by atoms with Crippen LogP contribution in [0, 0.1) is 6.92 Å². The molecule has 0 bridgehead atoms. The molecule has 0 aliphatic rings. The molecule has 0 amide bonds. The van der Waals surface area contributed by atoms with E-state index in [2.05, 4.69) is 4.98 Å². The lowest BCUT2D eigenvalue weighted by Crippen LogP contribution is -2.25. The number of esters is 1.